The van der Waals surface area contributed by atoms with E-state index < -0.39 is 5.97 Å². The van der Waals surface area contributed by atoms with Gasteiger partial charge in [-0.05, 0) is 73.0 Å². The van der Waals surface area contributed by atoms with Crippen molar-refractivity contribution >= 4 is 50.7 Å². The lowest BCUT2D eigenvalue weighted by Gasteiger charge is -2.12. The molecule has 0 atom stereocenters. The Hall–Kier alpha value is -5.16. The number of benzene rings is 5. The van der Waals surface area contributed by atoms with Crippen LogP contribution in [0.15, 0.2) is 114 Å². The largest absolute Gasteiger partial charge is 0.478 e. The van der Waals surface area contributed by atoms with Crippen molar-refractivity contribution in [3.8, 4) is 11.1 Å². The van der Waals surface area contributed by atoms with Gasteiger partial charge in [-0.3, -0.25) is 0 Å². The summed E-state index contributed by atoms with van der Waals surface area (Å²) in [5, 5.41) is 18.6. The molecule has 6 aromatic rings. The molecule has 1 aromatic heterocycles. The van der Waals surface area contributed by atoms with E-state index in [1.807, 2.05) is 84.9 Å². The van der Waals surface area contributed by atoms with Crippen LogP contribution in [-0.2, 0) is 0 Å². The minimum Gasteiger partial charge on any atom is -0.478 e. The lowest BCUT2D eigenvalue weighted by atomic mass is 9.93. The molecule has 5 heteroatoms. The zero-order valence-corrected chi connectivity index (χ0v) is 21.7. The van der Waals surface area contributed by atoms with E-state index in [0.29, 0.717) is 16.7 Å². The molecule has 6 rings (SSSR count). The third-order valence-electron chi connectivity index (χ3n) is 7.00. The molecular weight excluding hydrogens is 484 g/mol. The molecule has 0 radical (unpaired) electrons. The Bertz CT molecular complexity index is 1770. The van der Waals surface area contributed by atoms with Gasteiger partial charge in [-0.15, -0.1) is 0 Å². The molecule has 1 heterocycles. The number of hydrogen-bond donors (Lipinski definition) is 3. The molecule has 0 spiro atoms. The van der Waals surface area contributed by atoms with Gasteiger partial charge in [0.1, 0.15) is 0 Å². The Morgan fingerprint density at radius 3 is 1.64 bits per heavy atom. The lowest BCUT2D eigenvalue weighted by Crippen LogP contribution is -2.00. The van der Waals surface area contributed by atoms with Crippen molar-refractivity contribution < 1.29 is 14.3 Å². The van der Waals surface area contributed by atoms with Crippen molar-refractivity contribution in [1.82, 2.24) is 0 Å². The average molecular weight is 512 g/mol. The topological polar surface area (TPSA) is 72.7 Å². The number of carboxylic acid groups (broad SMARTS) is 1. The number of carbonyl (C=O) groups is 1. The average Bonchev–Trinajstić information content (AvgIpc) is 2.94. The lowest BCUT2D eigenvalue weighted by molar-refractivity contribution is 0.0697. The minimum absolute atomic E-state index is 0.246. The maximum atomic E-state index is 12.2. The van der Waals surface area contributed by atoms with Crippen LogP contribution in [0.2, 0.25) is 0 Å². The summed E-state index contributed by atoms with van der Waals surface area (Å²) in [6.07, 6.45) is 0. The maximum absolute atomic E-state index is 12.2. The van der Waals surface area contributed by atoms with E-state index in [9.17, 15) is 9.90 Å². The Balaban J connectivity index is 1.56. The predicted molar refractivity (Wildman–Crippen MR) is 159 cm³/mol. The monoisotopic (exact) mass is 511 g/mol. The highest BCUT2D eigenvalue weighted by Gasteiger charge is 2.24. The third-order valence-corrected chi connectivity index (χ3v) is 7.00. The van der Waals surface area contributed by atoms with E-state index in [1.54, 1.807) is 12.1 Å². The molecule has 190 valence electrons. The fourth-order valence-electron chi connectivity index (χ4n) is 4.96. The zero-order chi connectivity index (χ0) is 26.9. The van der Waals surface area contributed by atoms with E-state index in [4.69, 9.17) is 4.42 Å². The van der Waals surface area contributed by atoms with Crippen molar-refractivity contribution in [2.45, 2.75) is 13.8 Å². The van der Waals surface area contributed by atoms with Gasteiger partial charge in [-0.2, -0.15) is 0 Å². The number of para-hydroxylation sites is 2. The highest BCUT2D eigenvalue weighted by atomic mass is 16.4. The van der Waals surface area contributed by atoms with E-state index >= 15 is 0 Å². The second-order valence-electron chi connectivity index (χ2n) is 9.63. The summed E-state index contributed by atoms with van der Waals surface area (Å²) in [7, 11) is 0. The number of nitrogens with one attached hydrogen (secondary N) is 2. The van der Waals surface area contributed by atoms with E-state index in [1.165, 1.54) is 0 Å². The fourth-order valence-corrected chi connectivity index (χ4v) is 4.96. The van der Waals surface area contributed by atoms with Crippen LogP contribution >= 0.6 is 0 Å². The molecule has 0 fully saturated rings. The molecular formula is C34H27N2O3+. The molecule has 0 bridgehead atoms. The van der Waals surface area contributed by atoms with Crippen molar-refractivity contribution in [2.24, 2.45) is 0 Å². The molecule has 0 aliphatic rings. The van der Waals surface area contributed by atoms with Crippen LogP contribution in [0.5, 0.6) is 0 Å². The fraction of sp³-hybridized carbons (Fsp3) is 0.0588. The van der Waals surface area contributed by atoms with Crippen LogP contribution in [0.25, 0.3) is 33.1 Å². The molecule has 0 unspecified atom stereocenters. The van der Waals surface area contributed by atoms with Gasteiger partial charge in [-0.25, -0.2) is 9.21 Å². The minimum atomic E-state index is -0.969. The second kappa shape index (κ2) is 9.95. The summed E-state index contributed by atoms with van der Waals surface area (Å²) >= 11 is 0. The molecule has 5 nitrogen and oxygen atoms in total. The predicted octanol–water partition coefficient (Wildman–Crippen LogP) is 9.34. The molecule has 0 aliphatic carbocycles. The van der Waals surface area contributed by atoms with Gasteiger partial charge in [-0.1, -0.05) is 54.6 Å². The first-order valence-corrected chi connectivity index (χ1v) is 12.8. The maximum Gasteiger partial charge on any atom is 0.363 e. The van der Waals surface area contributed by atoms with E-state index in [0.717, 1.165) is 50.2 Å². The van der Waals surface area contributed by atoms with Gasteiger partial charge < -0.3 is 15.7 Å². The van der Waals surface area contributed by atoms with Gasteiger partial charge in [0.15, 0.2) is 0 Å². The first-order chi connectivity index (χ1) is 19.0. The van der Waals surface area contributed by atoms with Gasteiger partial charge in [0, 0.05) is 28.3 Å². The van der Waals surface area contributed by atoms with Crippen molar-refractivity contribution in [1.29, 1.82) is 0 Å². The first kappa shape index (κ1) is 24.2. The molecule has 0 saturated heterocycles. The third kappa shape index (κ3) is 4.66. The highest BCUT2D eigenvalue weighted by Crippen LogP contribution is 2.40. The Labute approximate surface area is 226 Å². The van der Waals surface area contributed by atoms with Crippen LogP contribution in [0.4, 0.5) is 22.7 Å². The van der Waals surface area contributed by atoms with Crippen LogP contribution < -0.4 is 10.6 Å². The number of carboxylic acids is 1. The number of rotatable bonds is 6. The summed E-state index contributed by atoms with van der Waals surface area (Å²) in [6.45, 7) is 4.12. The summed E-state index contributed by atoms with van der Waals surface area (Å²) in [4.78, 5) is 12.2. The number of fused-ring (bicyclic) bond motifs is 2. The summed E-state index contributed by atoms with van der Waals surface area (Å²) in [5.74, 6) is -0.969. The van der Waals surface area contributed by atoms with Gasteiger partial charge in [0.05, 0.1) is 28.5 Å². The van der Waals surface area contributed by atoms with E-state index in [-0.39, 0.29) is 5.56 Å². The number of aromatic carboxylic acids is 1. The zero-order valence-electron chi connectivity index (χ0n) is 21.7. The molecule has 3 N–H and O–H groups in total. The highest BCUT2D eigenvalue weighted by molar-refractivity contribution is 6.12. The van der Waals surface area contributed by atoms with Crippen molar-refractivity contribution in [2.75, 3.05) is 10.6 Å². The van der Waals surface area contributed by atoms with Crippen molar-refractivity contribution in [3.05, 3.63) is 126 Å². The van der Waals surface area contributed by atoms with Gasteiger partial charge >= 0.3 is 17.1 Å². The number of aryl methyl sites for hydroxylation is 2. The van der Waals surface area contributed by atoms with Gasteiger partial charge in [0.25, 0.3) is 0 Å². The quantitative estimate of drug-likeness (QED) is 0.153. The summed E-state index contributed by atoms with van der Waals surface area (Å²) in [6, 6.07) is 35.2. The smallest absolute Gasteiger partial charge is 0.363 e. The standard InChI is InChI=1S/C34H26N2O3/c1-21-9-3-7-13-29(21)35-23-15-17-27-31(19-23)39-32-20-24(36-30-14-8-4-10-22(30)2)16-18-28(32)33(27)25-11-5-6-12-26(25)34(37)38/h3-20,35-36H,1-2H3/p+1. The van der Waals surface area contributed by atoms with Crippen LogP contribution in [0, 0.1) is 13.8 Å². The number of anilines is 4. The molecule has 0 amide bonds. The first-order valence-electron chi connectivity index (χ1n) is 12.8. The number of hydrogen-bond acceptors (Lipinski definition) is 3. The Morgan fingerprint density at radius 2 is 1.13 bits per heavy atom. The second-order valence-corrected chi connectivity index (χ2v) is 9.63. The molecule has 39 heavy (non-hydrogen) atoms. The SMILES string of the molecule is Cc1ccccc1Nc1ccc2c(-c3ccccc3C(=O)O)c3ccc(Nc4ccccc4C)cc3[o+]c2c1. The van der Waals surface area contributed by atoms with Crippen LogP contribution in [0.3, 0.4) is 0 Å². The van der Waals surface area contributed by atoms with Crippen LogP contribution in [-0.4, -0.2) is 11.1 Å². The van der Waals surface area contributed by atoms with E-state index in [2.05, 4.69) is 36.6 Å². The van der Waals surface area contributed by atoms with Crippen molar-refractivity contribution in [3.63, 3.8) is 0 Å². The summed E-state index contributed by atoms with van der Waals surface area (Å²) in [5.41, 5.74) is 9.09. The Morgan fingerprint density at radius 1 is 0.641 bits per heavy atom. The molecule has 0 saturated carbocycles. The molecule has 5 aromatic carbocycles. The normalized spacial score (nSPS) is 11.0. The van der Waals surface area contributed by atoms with Crippen LogP contribution in [0.1, 0.15) is 21.5 Å². The molecule has 0 aliphatic heterocycles. The summed E-state index contributed by atoms with van der Waals surface area (Å²) < 4.78 is 6.50. The Kier molecular flexibility index (Phi) is 6.17. The van der Waals surface area contributed by atoms with Gasteiger partial charge in [0.2, 0.25) is 0 Å².